The SMILES string of the molecule is CCCn1c(CO)nnc1SCC(=O)c1ccccc1C. The lowest BCUT2D eigenvalue weighted by atomic mass is 10.1. The molecule has 1 aromatic carbocycles. The molecule has 112 valence electrons. The Bertz CT molecular complexity index is 625. The summed E-state index contributed by atoms with van der Waals surface area (Å²) in [6.45, 7) is 4.58. The summed E-state index contributed by atoms with van der Waals surface area (Å²) in [4.78, 5) is 12.3. The summed E-state index contributed by atoms with van der Waals surface area (Å²) in [5.74, 6) is 0.940. The zero-order chi connectivity index (χ0) is 15.2. The lowest BCUT2D eigenvalue weighted by Crippen LogP contribution is -2.08. The van der Waals surface area contributed by atoms with E-state index >= 15 is 0 Å². The van der Waals surface area contributed by atoms with Gasteiger partial charge in [-0.1, -0.05) is 43.0 Å². The van der Waals surface area contributed by atoms with Crippen molar-refractivity contribution in [3.8, 4) is 0 Å². The molecule has 0 aliphatic carbocycles. The van der Waals surface area contributed by atoms with Crippen LogP contribution in [-0.2, 0) is 13.2 Å². The standard InChI is InChI=1S/C15H19N3O2S/c1-3-8-18-14(9-19)16-17-15(18)21-10-13(20)12-7-5-4-6-11(12)2/h4-7,19H,3,8-10H2,1-2H3. The Morgan fingerprint density at radius 3 is 2.76 bits per heavy atom. The van der Waals surface area contributed by atoms with Crippen LogP contribution in [0.5, 0.6) is 0 Å². The van der Waals surface area contributed by atoms with Gasteiger partial charge in [-0.05, 0) is 18.9 Å². The first kappa shape index (κ1) is 15.7. The second-order valence-corrected chi connectivity index (χ2v) is 5.68. The maximum atomic E-state index is 12.3. The number of benzene rings is 1. The van der Waals surface area contributed by atoms with Gasteiger partial charge in [-0.25, -0.2) is 0 Å². The third kappa shape index (κ3) is 3.71. The van der Waals surface area contributed by atoms with Crippen molar-refractivity contribution >= 4 is 17.5 Å². The molecule has 0 atom stereocenters. The van der Waals surface area contributed by atoms with Gasteiger partial charge < -0.3 is 9.67 Å². The van der Waals surface area contributed by atoms with Crippen molar-refractivity contribution in [1.82, 2.24) is 14.8 Å². The average Bonchev–Trinajstić information content (AvgIpc) is 2.88. The van der Waals surface area contributed by atoms with Crippen LogP contribution in [0.15, 0.2) is 29.4 Å². The summed E-state index contributed by atoms with van der Waals surface area (Å²) in [5, 5.41) is 17.9. The van der Waals surface area contributed by atoms with Gasteiger partial charge in [0.1, 0.15) is 6.61 Å². The van der Waals surface area contributed by atoms with Gasteiger partial charge in [-0.3, -0.25) is 4.79 Å². The van der Waals surface area contributed by atoms with Crippen LogP contribution in [0.4, 0.5) is 0 Å². The molecule has 1 heterocycles. The number of aryl methyl sites for hydroxylation is 1. The van der Waals surface area contributed by atoms with Crippen LogP contribution in [0.2, 0.25) is 0 Å². The molecule has 0 radical (unpaired) electrons. The zero-order valence-corrected chi connectivity index (χ0v) is 13.1. The van der Waals surface area contributed by atoms with Crippen LogP contribution in [0.3, 0.4) is 0 Å². The maximum Gasteiger partial charge on any atom is 0.191 e. The number of rotatable bonds is 7. The molecule has 0 aliphatic heterocycles. The zero-order valence-electron chi connectivity index (χ0n) is 12.2. The second-order valence-electron chi connectivity index (χ2n) is 4.74. The molecule has 0 saturated heterocycles. The van der Waals surface area contributed by atoms with Crippen molar-refractivity contribution < 1.29 is 9.90 Å². The average molecular weight is 305 g/mol. The van der Waals surface area contributed by atoms with E-state index in [1.165, 1.54) is 11.8 Å². The minimum absolute atomic E-state index is 0.0784. The van der Waals surface area contributed by atoms with E-state index in [1.807, 2.05) is 42.7 Å². The Morgan fingerprint density at radius 2 is 2.10 bits per heavy atom. The molecule has 0 unspecified atom stereocenters. The van der Waals surface area contributed by atoms with Gasteiger partial charge in [0.05, 0.1) is 5.75 Å². The third-order valence-electron chi connectivity index (χ3n) is 3.16. The molecule has 1 aromatic heterocycles. The van der Waals surface area contributed by atoms with Gasteiger partial charge in [0.2, 0.25) is 0 Å². The number of carbonyl (C=O) groups is 1. The molecule has 2 aromatic rings. The number of thioether (sulfide) groups is 1. The van der Waals surface area contributed by atoms with Gasteiger partial charge in [-0.2, -0.15) is 0 Å². The van der Waals surface area contributed by atoms with Crippen molar-refractivity contribution in [2.24, 2.45) is 0 Å². The van der Waals surface area contributed by atoms with Crippen LogP contribution in [0, 0.1) is 6.92 Å². The summed E-state index contributed by atoms with van der Waals surface area (Å²) in [6.07, 6.45) is 0.921. The largest absolute Gasteiger partial charge is 0.388 e. The van der Waals surface area contributed by atoms with Crippen LogP contribution >= 0.6 is 11.8 Å². The van der Waals surface area contributed by atoms with Crippen molar-refractivity contribution in [1.29, 1.82) is 0 Å². The van der Waals surface area contributed by atoms with Gasteiger partial charge >= 0.3 is 0 Å². The minimum Gasteiger partial charge on any atom is -0.388 e. The molecule has 0 fully saturated rings. The molecule has 21 heavy (non-hydrogen) atoms. The third-order valence-corrected chi connectivity index (χ3v) is 4.13. The molecule has 5 nitrogen and oxygen atoms in total. The fraction of sp³-hybridized carbons (Fsp3) is 0.400. The highest BCUT2D eigenvalue weighted by Crippen LogP contribution is 2.20. The van der Waals surface area contributed by atoms with E-state index in [0.29, 0.717) is 16.7 Å². The van der Waals surface area contributed by atoms with E-state index in [0.717, 1.165) is 24.1 Å². The fourth-order valence-electron chi connectivity index (χ4n) is 2.08. The van der Waals surface area contributed by atoms with Crippen molar-refractivity contribution in [3.63, 3.8) is 0 Å². The monoisotopic (exact) mass is 305 g/mol. The smallest absolute Gasteiger partial charge is 0.191 e. The topological polar surface area (TPSA) is 68.0 Å². The highest BCUT2D eigenvalue weighted by atomic mass is 32.2. The van der Waals surface area contributed by atoms with Crippen LogP contribution in [0.25, 0.3) is 0 Å². The Hall–Kier alpha value is -1.66. The molecular formula is C15H19N3O2S. The molecule has 0 amide bonds. The van der Waals surface area contributed by atoms with E-state index < -0.39 is 0 Å². The van der Waals surface area contributed by atoms with Crippen LogP contribution in [0.1, 0.15) is 35.1 Å². The summed E-state index contributed by atoms with van der Waals surface area (Å²) >= 11 is 1.36. The fourth-order valence-corrected chi connectivity index (χ4v) is 2.95. The molecular weight excluding hydrogens is 286 g/mol. The lowest BCUT2D eigenvalue weighted by molar-refractivity contribution is 0.102. The maximum absolute atomic E-state index is 12.3. The predicted octanol–water partition coefficient (Wildman–Crippen LogP) is 2.46. The molecule has 0 bridgehead atoms. The number of aliphatic hydroxyl groups excluding tert-OH is 1. The van der Waals surface area contributed by atoms with E-state index in [1.54, 1.807) is 0 Å². The number of aliphatic hydroxyl groups is 1. The number of ketones is 1. The molecule has 2 rings (SSSR count). The number of carbonyl (C=O) groups excluding carboxylic acids is 1. The molecule has 0 saturated carbocycles. The molecule has 0 aliphatic rings. The Labute approximate surface area is 128 Å². The van der Waals surface area contributed by atoms with Gasteiger partial charge in [0.25, 0.3) is 0 Å². The summed E-state index contributed by atoms with van der Waals surface area (Å²) in [5.41, 5.74) is 1.73. The van der Waals surface area contributed by atoms with Crippen molar-refractivity contribution in [2.75, 3.05) is 5.75 Å². The van der Waals surface area contributed by atoms with E-state index in [2.05, 4.69) is 10.2 Å². The first-order valence-corrected chi connectivity index (χ1v) is 7.90. The predicted molar refractivity (Wildman–Crippen MR) is 82.5 cm³/mol. The summed E-state index contributed by atoms with van der Waals surface area (Å²) < 4.78 is 1.87. The first-order valence-electron chi connectivity index (χ1n) is 6.92. The molecule has 6 heteroatoms. The second kappa shape index (κ2) is 7.38. The number of Topliss-reactive ketones (excluding diaryl/α,β-unsaturated/α-hetero) is 1. The van der Waals surface area contributed by atoms with Crippen LogP contribution in [-0.4, -0.2) is 31.4 Å². The van der Waals surface area contributed by atoms with Gasteiger partial charge in [0, 0.05) is 12.1 Å². The Balaban J connectivity index is 2.08. The Morgan fingerprint density at radius 1 is 1.33 bits per heavy atom. The number of aromatic nitrogens is 3. The van der Waals surface area contributed by atoms with Crippen molar-refractivity contribution in [3.05, 3.63) is 41.2 Å². The van der Waals surface area contributed by atoms with E-state index in [4.69, 9.17) is 0 Å². The van der Waals surface area contributed by atoms with Crippen LogP contribution < -0.4 is 0 Å². The minimum atomic E-state index is -0.140. The van der Waals surface area contributed by atoms with E-state index in [-0.39, 0.29) is 12.4 Å². The summed E-state index contributed by atoms with van der Waals surface area (Å²) in [6, 6.07) is 7.56. The van der Waals surface area contributed by atoms with E-state index in [9.17, 15) is 9.90 Å². The van der Waals surface area contributed by atoms with Gasteiger partial charge in [0.15, 0.2) is 16.8 Å². The highest BCUT2D eigenvalue weighted by molar-refractivity contribution is 7.99. The lowest BCUT2D eigenvalue weighted by Gasteiger charge is -2.07. The molecule has 0 spiro atoms. The van der Waals surface area contributed by atoms with Gasteiger partial charge in [-0.15, -0.1) is 10.2 Å². The first-order chi connectivity index (χ1) is 10.2. The Kier molecular flexibility index (Phi) is 5.52. The normalized spacial score (nSPS) is 10.8. The number of hydrogen-bond donors (Lipinski definition) is 1. The summed E-state index contributed by atoms with van der Waals surface area (Å²) in [7, 11) is 0. The molecule has 1 N–H and O–H groups in total. The number of nitrogens with zero attached hydrogens (tertiary/aromatic N) is 3. The highest BCUT2D eigenvalue weighted by Gasteiger charge is 2.14. The van der Waals surface area contributed by atoms with Crippen molar-refractivity contribution in [2.45, 2.75) is 38.6 Å². The number of hydrogen-bond acceptors (Lipinski definition) is 5. The quantitative estimate of drug-likeness (QED) is 0.628.